The highest BCUT2D eigenvalue weighted by molar-refractivity contribution is 5.77. The number of hydrogen-bond acceptors (Lipinski definition) is 3. The van der Waals surface area contributed by atoms with Gasteiger partial charge in [-0.3, -0.25) is 9.59 Å². The number of carbonyl (C=O) groups excluding carboxylic acids is 1. The molecule has 0 aromatic rings. The van der Waals surface area contributed by atoms with Crippen LogP contribution in [0.5, 0.6) is 0 Å². The van der Waals surface area contributed by atoms with Gasteiger partial charge in [0, 0.05) is 32.0 Å². The molecule has 0 unspecified atom stereocenters. The summed E-state index contributed by atoms with van der Waals surface area (Å²) in [4.78, 5) is 27.8. The number of likely N-dealkylation sites (tertiary alicyclic amines) is 2. The second-order valence-electron chi connectivity index (χ2n) is 7.98. The normalized spacial score (nSPS) is 26.9. The molecule has 0 aromatic carbocycles. The Morgan fingerprint density at radius 1 is 1.22 bits per heavy atom. The second kappa shape index (κ2) is 8.13. The molecule has 0 aliphatic carbocycles. The first kappa shape index (κ1) is 18.2. The standard InChI is InChI=1S/C18H32N2O3/c1-13(2)8-17(21)20-11-14(3)9-16(20)12-19-6-4-15(5-7-19)10-18(22)23/h13-16H,4-12H2,1-3H3,(H,22,23)/t14-,16+/m1/s1. The Bertz CT molecular complexity index is 416. The number of aliphatic carboxylic acids is 1. The zero-order chi connectivity index (χ0) is 17.0. The van der Waals surface area contributed by atoms with Gasteiger partial charge in [0.2, 0.25) is 5.91 Å². The van der Waals surface area contributed by atoms with Crippen molar-refractivity contribution in [2.45, 2.75) is 58.9 Å². The van der Waals surface area contributed by atoms with Crippen LogP contribution in [0.3, 0.4) is 0 Å². The second-order valence-corrected chi connectivity index (χ2v) is 7.98. The van der Waals surface area contributed by atoms with E-state index in [-0.39, 0.29) is 0 Å². The minimum Gasteiger partial charge on any atom is -0.481 e. The highest BCUT2D eigenvalue weighted by Gasteiger charge is 2.34. The first-order valence-electron chi connectivity index (χ1n) is 9.08. The summed E-state index contributed by atoms with van der Waals surface area (Å²) >= 11 is 0. The fraction of sp³-hybridized carbons (Fsp3) is 0.889. The Kier molecular flexibility index (Phi) is 6.45. The molecule has 23 heavy (non-hydrogen) atoms. The molecule has 0 aromatic heterocycles. The molecule has 2 aliphatic rings. The molecule has 5 nitrogen and oxygen atoms in total. The Hall–Kier alpha value is -1.10. The van der Waals surface area contributed by atoms with Crippen molar-refractivity contribution in [3.63, 3.8) is 0 Å². The quantitative estimate of drug-likeness (QED) is 0.815. The van der Waals surface area contributed by atoms with Crippen molar-refractivity contribution in [2.24, 2.45) is 17.8 Å². The summed E-state index contributed by atoms with van der Waals surface area (Å²) in [5.74, 6) is 0.935. The van der Waals surface area contributed by atoms with Crippen LogP contribution in [0.15, 0.2) is 0 Å². The first-order chi connectivity index (χ1) is 10.8. The van der Waals surface area contributed by atoms with Crippen LogP contribution < -0.4 is 0 Å². The van der Waals surface area contributed by atoms with E-state index < -0.39 is 5.97 Å². The van der Waals surface area contributed by atoms with Gasteiger partial charge in [0.15, 0.2) is 0 Å². The number of nitrogens with zero attached hydrogens (tertiary/aromatic N) is 2. The molecule has 2 fully saturated rings. The molecule has 2 aliphatic heterocycles. The monoisotopic (exact) mass is 324 g/mol. The number of rotatable bonds is 6. The number of carbonyl (C=O) groups is 2. The number of carboxylic acids is 1. The molecular weight excluding hydrogens is 292 g/mol. The zero-order valence-electron chi connectivity index (χ0n) is 14.8. The molecule has 2 saturated heterocycles. The van der Waals surface area contributed by atoms with Crippen molar-refractivity contribution < 1.29 is 14.7 Å². The van der Waals surface area contributed by atoms with E-state index in [4.69, 9.17) is 5.11 Å². The largest absolute Gasteiger partial charge is 0.481 e. The lowest BCUT2D eigenvalue weighted by molar-refractivity contribution is -0.138. The maximum atomic E-state index is 12.5. The van der Waals surface area contributed by atoms with E-state index in [1.54, 1.807) is 0 Å². The molecule has 2 heterocycles. The maximum absolute atomic E-state index is 12.5. The van der Waals surface area contributed by atoms with E-state index >= 15 is 0 Å². The summed E-state index contributed by atoms with van der Waals surface area (Å²) in [7, 11) is 0. The van der Waals surface area contributed by atoms with Crippen LogP contribution in [0.25, 0.3) is 0 Å². The summed E-state index contributed by atoms with van der Waals surface area (Å²) in [6.07, 6.45) is 3.97. The van der Waals surface area contributed by atoms with Crippen LogP contribution in [0.2, 0.25) is 0 Å². The predicted octanol–water partition coefficient (Wildman–Crippen LogP) is 2.46. The van der Waals surface area contributed by atoms with Gasteiger partial charge in [0.05, 0.1) is 0 Å². The highest BCUT2D eigenvalue weighted by atomic mass is 16.4. The number of carboxylic acid groups (broad SMARTS) is 1. The molecule has 5 heteroatoms. The van der Waals surface area contributed by atoms with Gasteiger partial charge in [-0.05, 0) is 50.1 Å². The molecule has 2 rings (SSSR count). The summed E-state index contributed by atoms with van der Waals surface area (Å²) in [6.45, 7) is 10.2. The zero-order valence-corrected chi connectivity index (χ0v) is 14.8. The van der Waals surface area contributed by atoms with Crippen molar-refractivity contribution in [3.05, 3.63) is 0 Å². The molecule has 0 spiro atoms. The molecule has 2 atom stereocenters. The third kappa shape index (κ3) is 5.48. The molecular formula is C18H32N2O3. The molecule has 1 N–H and O–H groups in total. The fourth-order valence-electron chi connectivity index (χ4n) is 4.01. The van der Waals surface area contributed by atoms with E-state index in [2.05, 4.69) is 30.6 Å². The summed E-state index contributed by atoms with van der Waals surface area (Å²) in [5, 5.41) is 8.90. The van der Waals surface area contributed by atoms with Gasteiger partial charge in [-0.2, -0.15) is 0 Å². The predicted molar refractivity (Wildman–Crippen MR) is 90.2 cm³/mol. The highest BCUT2D eigenvalue weighted by Crippen LogP contribution is 2.27. The topological polar surface area (TPSA) is 60.9 Å². The molecule has 0 radical (unpaired) electrons. The average Bonchev–Trinajstić information content (AvgIpc) is 2.80. The molecule has 1 amide bonds. The summed E-state index contributed by atoms with van der Waals surface area (Å²) < 4.78 is 0. The molecule has 132 valence electrons. The van der Waals surface area contributed by atoms with Gasteiger partial charge < -0.3 is 14.9 Å². The van der Waals surface area contributed by atoms with E-state index in [1.165, 1.54) is 0 Å². The van der Waals surface area contributed by atoms with E-state index in [0.29, 0.717) is 42.5 Å². The Labute approximate surface area is 140 Å². The third-order valence-corrected chi connectivity index (χ3v) is 5.17. The van der Waals surface area contributed by atoms with Crippen LogP contribution >= 0.6 is 0 Å². The number of hydrogen-bond donors (Lipinski definition) is 1. The summed E-state index contributed by atoms with van der Waals surface area (Å²) in [6, 6.07) is 0.340. The van der Waals surface area contributed by atoms with E-state index in [9.17, 15) is 9.59 Å². The van der Waals surface area contributed by atoms with Gasteiger partial charge in [-0.1, -0.05) is 20.8 Å². The Balaban J connectivity index is 1.84. The Morgan fingerprint density at radius 2 is 1.87 bits per heavy atom. The van der Waals surface area contributed by atoms with E-state index in [1.807, 2.05) is 0 Å². The summed E-state index contributed by atoms with van der Waals surface area (Å²) in [5.41, 5.74) is 0. The van der Waals surface area contributed by atoms with Gasteiger partial charge in [0.1, 0.15) is 0 Å². The van der Waals surface area contributed by atoms with Crippen molar-refractivity contribution in [2.75, 3.05) is 26.2 Å². The van der Waals surface area contributed by atoms with Gasteiger partial charge in [-0.25, -0.2) is 0 Å². The van der Waals surface area contributed by atoms with Crippen molar-refractivity contribution in [1.82, 2.24) is 9.80 Å². The van der Waals surface area contributed by atoms with Gasteiger partial charge in [0.25, 0.3) is 0 Å². The molecule has 0 bridgehead atoms. The van der Waals surface area contributed by atoms with Crippen LogP contribution in [0.1, 0.15) is 52.9 Å². The van der Waals surface area contributed by atoms with Gasteiger partial charge in [-0.15, -0.1) is 0 Å². The van der Waals surface area contributed by atoms with Crippen LogP contribution in [0, 0.1) is 17.8 Å². The van der Waals surface area contributed by atoms with Crippen LogP contribution in [-0.2, 0) is 9.59 Å². The number of amides is 1. The maximum Gasteiger partial charge on any atom is 0.303 e. The number of piperidine rings is 1. The fourth-order valence-corrected chi connectivity index (χ4v) is 4.01. The first-order valence-corrected chi connectivity index (χ1v) is 9.08. The van der Waals surface area contributed by atoms with E-state index in [0.717, 1.165) is 45.4 Å². The lowest BCUT2D eigenvalue weighted by Gasteiger charge is -2.35. The SMILES string of the molecule is CC(C)CC(=O)N1C[C@H](C)C[C@H]1CN1CCC(CC(=O)O)CC1. The van der Waals surface area contributed by atoms with Crippen molar-refractivity contribution >= 4 is 11.9 Å². The van der Waals surface area contributed by atoms with Crippen molar-refractivity contribution in [1.29, 1.82) is 0 Å². The minimum atomic E-state index is -0.682. The smallest absolute Gasteiger partial charge is 0.303 e. The third-order valence-electron chi connectivity index (χ3n) is 5.17. The lowest BCUT2D eigenvalue weighted by atomic mass is 9.93. The Morgan fingerprint density at radius 3 is 2.43 bits per heavy atom. The van der Waals surface area contributed by atoms with Crippen LogP contribution in [-0.4, -0.2) is 59.0 Å². The molecule has 0 saturated carbocycles. The van der Waals surface area contributed by atoms with Gasteiger partial charge >= 0.3 is 5.97 Å². The minimum absolute atomic E-state index is 0.299. The lowest BCUT2D eigenvalue weighted by Crippen LogP contribution is -2.46. The van der Waals surface area contributed by atoms with Crippen molar-refractivity contribution in [3.8, 4) is 0 Å². The average molecular weight is 324 g/mol. The van der Waals surface area contributed by atoms with Crippen LogP contribution in [0.4, 0.5) is 0 Å².